The summed E-state index contributed by atoms with van der Waals surface area (Å²) in [5.74, 6) is -0.980. The maximum atomic E-state index is 12.5. The molecule has 2 aromatic rings. The molecule has 1 N–H and O–H groups in total. The molecule has 1 aliphatic heterocycles. The molecule has 30 heavy (non-hydrogen) atoms. The van der Waals surface area contributed by atoms with Crippen molar-refractivity contribution in [2.45, 2.75) is 58.8 Å². The molecule has 0 aliphatic carbocycles. The van der Waals surface area contributed by atoms with Gasteiger partial charge in [0.05, 0.1) is 30.4 Å². The van der Waals surface area contributed by atoms with Gasteiger partial charge in [-0.1, -0.05) is 24.3 Å². The van der Waals surface area contributed by atoms with E-state index in [4.69, 9.17) is 4.84 Å². The van der Waals surface area contributed by atoms with Gasteiger partial charge in [0.1, 0.15) is 11.8 Å². The predicted molar refractivity (Wildman–Crippen MR) is 105 cm³/mol. The third-order valence-corrected chi connectivity index (χ3v) is 4.80. The molecule has 0 saturated heterocycles. The van der Waals surface area contributed by atoms with Crippen LogP contribution in [0.1, 0.15) is 60.5 Å². The Hall–Kier alpha value is -3.27. The van der Waals surface area contributed by atoms with Crippen LogP contribution < -0.4 is 0 Å². The molecule has 1 aliphatic rings. The number of rotatable bonds is 7. The van der Waals surface area contributed by atoms with Crippen LogP contribution in [0.5, 0.6) is 0 Å². The number of carbonyl (C=O) groups excluding carboxylic acids is 2. The van der Waals surface area contributed by atoms with Crippen molar-refractivity contribution in [3.05, 3.63) is 47.3 Å². The maximum absolute atomic E-state index is 12.5. The highest BCUT2D eigenvalue weighted by Crippen LogP contribution is 2.24. The molecule has 0 radical (unpaired) electrons. The Morgan fingerprint density at radius 1 is 1.20 bits per heavy atom. The molecule has 10 nitrogen and oxygen atoms in total. The van der Waals surface area contributed by atoms with Gasteiger partial charge in [-0.05, 0) is 39.3 Å². The second kappa shape index (κ2) is 8.23. The Morgan fingerprint density at radius 2 is 1.80 bits per heavy atom. The molecule has 1 unspecified atom stereocenters. The van der Waals surface area contributed by atoms with Gasteiger partial charge in [0.25, 0.3) is 11.8 Å². The summed E-state index contributed by atoms with van der Waals surface area (Å²) in [5, 5.41) is 18.3. The van der Waals surface area contributed by atoms with E-state index in [9.17, 15) is 19.5 Å². The van der Waals surface area contributed by atoms with Crippen molar-refractivity contribution >= 4 is 17.9 Å². The molecule has 0 fully saturated rings. The zero-order valence-electron chi connectivity index (χ0n) is 17.4. The lowest BCUT2D eigenvalue weighted by molar-refractivity contribution is -0.138. The van der Waals surface area contributed by atoms with E-state index in [2.05, 4.69) is 10.3 Å². The predicted octanol–water partition coefficient (Wildman–Crippen LogP) is 2.56. The first-order valence-corrected chi connectivity index (χ1v) is 9.66. The Kier molecular flexibility index (Phi) is 5.88. The zero-order chi connectivity index (χ0) is 22.1. The number of carboxylic acid groups (broad SMARTS) is 1. The Morgan fingerprint density at radius 3 is 2.30 bits per heavy atom. The molecule has 1 aromatic carbocycles. The van der Waals surface area contributed by atoms with Crippen LogP contribution in [-0.4, -0.2) is 59.6 Å². The quantitative estimate of drug-likeness (QED) is 0.691. The second-order valence-electron chi connectivity index (χ2n) is 8.06. The van der Waals surface area contributed by atoms with Crippen LogP contribution in [0, 0.1) is 0 Å². The van der Waals surface area contributed by atoms with Crippen LogP contribution in [0.2, 0.25) is 0 Å². The van der Waals surface area contributed by atoms with Gasteiger partial charge in [0, 0.05) is 5.54 Å². The van der Waals surface area contributed by atoms with Crippen molar-refractivity contribution < 1.29 is 24.3 Å². The molecule has 3 amide bonds. The number of hydrogen-bond acceptors (Lipinski definition) is 6. The first-order chi connectivity index (χ1) is 14.1. The Balaban J connectivity index is 1.67. The Labute approximate surface area is 174 Å². The molecule has 3 rings (SSSR count). The van der Waals surface area contributed by atoms with Gasteiger partial charge in [0.2, 0.25) is 0 Å². The third kappa shape index (κ3) is 4.33. The van der Waals surface area contributed by atoms with Crippen molar-refractivity contribution in [1.82, 2.24) is 25.0 Å². The molecule has 1 aromatic heterocycles. The van der Waals surface area contributed by atoms with Gasteiger partial charge >= 0.3 is 6.09 Å². The number of hydroxylamine groups is 2. The second-order valence-corrected chi connectivity index (χ2v) is 8.06. The SMILES string of the molecule is CCC(Cn1cc(CN(C(=O)O)C(C)(C)C)nn1)ON1C(=O)c2ccccc2C1=O. The van der Waals surface area contributed by atoms with E-state index in [0.717, 1.165) is 5.06 Å². The first kappa shape index (κ1) is 21.4. The Bertz CT molecular complexity index is 929. The van der Waals surface area contributed by atoms with Crippen molar-refractivity contribution in [1.29, 1.82) is 0 Å². The van der Waals surface area contributed by atoms with Crippen LogP contribution in [0.15, 0.2) is 30.5 Å². The van der Waals surface area contributed by atoms with Gasteiger partial charge in [-0.25, -0.2) is 9.48 Å². The lowest BCUT2D eigenvalue weighted by Gasteiger charge is -2.32. The molecular weight excluding hydrogens is 390 g/mol. The summed E-state index contributed by atoms with van der Waals surface area (Å²) in [6, 6.07) is 6.57. The van der Waals surface area contributed by atoms with Crippen LogP contribution in [0.25, 0.3) is 0 Å². The van der Waals surface area contributed by atoms with Gasteiger partial charge in [-0.3, -0.25) is 19.3 Å². The summed E-state index contributed by atoms with van der Waals surface area (Å²) < 4.78 is 1.52. The monoisotopic (exact) mass is 415 g/mol. The van der Waals surface area contributed by atoms with Gasteiger partial charge in [-0.15, -0.1) is 10.2 Å². The van der Waals surface area contributed by atoms with Gasteiger partial charge in [-0.2, -0.15) is 0 Å². The summed E-state index contributed by atoms with van der Waals surface area (Å²) >= 11 is 0. The molecule has 0 spiro atoms. The fraction of sp³-hybridized carbons (Fsp3) is 0.450. The van der Waals surface area contributed by atoms with Crippen molar-refractivity contribution in [2.24, 2.45) is 0 Å². The van der Waals surface area contributed by atoms with E-state index in [0.29, 0.717) is 23.2 Å². The van der Waals surface area contributed by atoms with Crippen LogP contribution in [-0.2, 0) is 17.9 Å². The van der Waals surface area contributed by atoms with Crippen LogP contribution in [0.3, 0.4) is 0 Å². The summed E-state index contributed by atoms with van der Waals surface area (Å²) in [5.41, 5.74) is 0.534. The number of aromatic nitrogens is 3. The van der Waals surface area contributed by atoms with Crippen molar-refractivity contribution in [2.75, 3.05) is 0 Å². The molecule has 2 heterocycles. The average molecular weight is 415 g/mol. The number of imide groups is 1. The number of carbonyl (C=O) groups is 3. The van der Waals surface area contributed by atoms with E-state index >= 15 is 0 Å². The van der Waals surface area contributed by atoms with Gasteiger partial charge in [0.15, 0.2) is 0 Å². The lowest BCUT2D eigenvalue weighted by atomic mass is 10.1. The number of amides is 3. The number of benzene rings is 1. The van der Waals surface area contributed by atoms with E-state index in [1.165, 1.54) is 9.58 Å². The number of hydrogen-bond donors (Lipinski definition) is 1. The zero-order valence-corrected chi connectivity index (χ0v) is 17.4. The molecule has 160 valence electrons. The highest BCUT2D eigenvalue weighted by molar-refractivity contribution is 6.20. The largest absolute Gasteiger partial charge is 0.465 e. The summed E-state index contributed by atoms with van der Waals surface area (Å²) in [6.07, 6.45) is 0.611. The number of nitrogens with zero attached hydrogens (tertiary/aromatic N) is 5. The molecule has 1 atom stereocenters. The minimum Gasteiger partial charge on any atom is -0.465 e. The van der Waals surface area contributed by atoms with Crippen molar-refractivity contribution in [3.63, 3.8) is 0 Å². The highest BCUT2D eigenvalue weighted by Gasteiger charge is 2.38. The number of fused-ring (bicyclic) bond motifs is 1. The van der Waals surface area contributed by atoms with E-state index in [-0.39, 0.29) is 13.1 Å². The van der Waals surface area contributed by atoms with E-state index in [1.54, 1.807) is 51.2 Å². The van der Waals surface area contributed by atoms with E-state index in [1.807, 2.05) is 6.92 Å². The first-order valence-electron chi connectivity index (χ1n) is 9.66. The molecule has 10 heteroatoms. The standard InChI is InChI=1S/C20H25N5O5/c1-5-14(30-25-17(26)15-8-6-7-9-16(15)18(25)27)12-23-10-13(21-22-23)11-24(19(28)29)20(2,3)4/h6-10,14H,5,11-12H2,1-4H3,(H,28,29). The minimum absolute atomic E-state index is 0.0922. The summed E-state index contributed by atoms with van der Waals surface area (Å²) in [7, 11) is 0. The summed E-state index contributed by atoms with van der Waals surface area (Å²) in [6.45, 7) is 7.61. The normalized spacial score (nSPS) is 14.7. The topological polar surface area (TPSA) is 118 Å². The van der Waals surface area contributed by atoms with Crippen molar-refractivity contribution in [3.8, 4) is 0 Å². The van der Waals surface area contributed by atoms with E-state index < -0.39 is 29.6 Å². The molecule has 0 bridgehead atoms. The molecular formula is C20H25N5O5. The average Bonchev–Trinajstić information content (AvgIpc) is 3.22. The highest BCUT2D eigenvalue weighted by atomic mass is 16.7. The summed E-state index contributed by atoms with van der Waals surface area (Å²) in [4.78, 5) is 43.4. The van der Waals surface area contributed by atoms with Crippen LogP contribution in [0.4, 0.5) is 4.79 Å². The fourth-order valence-corrected chi connectivity index (χ4v) is 3.11. The smallest absolute Gasteiger partial charge is 0.408 e. The minimum atomic E-state index is -1.04. The third-order valence-electron chi connectivity index (χ3n) is 4.80. The van der Waals surface area contributed by atoms with Crippen LogP contribution >= 0.6 is 0 Å². The fourth-order valence-electron chi connectivity index (χ4n) is 3.11. The maximum Gasteiger partial charge on any atom is 0.408 e. The molecule has 0 saturated carbocycles. The van der Waals surface area contributed by atoms with Gasteiger partial charge < -0.3 is 5.11 Å². The lowest BCUT2D eigenvalue weighted by Crippen LogP contribution is -2.44.